The lowest BCUT2D eigenvalue weighted by Crippen LogP contribution is -2.29. The minimum absolute atomic E-state index is 0.141. The highest BCUT2D eigenvalue weighted by Crippen LogP contribution is 2.28. The number of nitrogens with zero attached hydrogens (tertiary/aromatic N) is 2. The van der Waals surface area contributed by atoms with Crippen LogP contribution in [0.5, 0.6) is 0 Å². The van der Waals surface area contributed by atoms with Crippen LogP contribution < -0.4 is 10.7 Å². The van der Waals surface area contributed by atoms with Crippen LogP contribution in [-0.2, 0) is 4.79 Å². The molecule has 2 heterocycles. The highest BCUT2D eigenvalue weighted by Gasteiger charge is 2.30. The summed E-state index contributed by atoms with van der Waals surface area (Å²) in [4.78, 5) is 21.6. The third kappa shape index (κ3) is 2.08. The van der Waals surface area contributed by atoms with E-state index in [0.717, 1.165) is 42.3 Å². The Labute approximate surface area is 119 Å². The summed E-state index contributed by atoms with van der Waals surface area (Å²) >= 11 is 2.43. The van der Waals surface area contributed by atoms with Crippen LogP contribution in [0.3, 0.4) is 0 Å². The second-order valence-electron chi connectivity index (χ2n) is 4.91. The predicted molar refractivity (Wildman–Crippen MR) is 78.6 cm³/mol. The van der Waals surface area contributed by atoms with E-state index in [1.165, 1.54) is 0 Å². The number of hydrogen-bond acceptors (Lipinski definition) is 2. The van der Waals surface area contributed by atoms with Crippen molar-refractivity contribution in [1.82, 2.24) is 14.9 Å². The molecule has 5 heteroatoms. The number of aromatic amines is 1. The van der Waals surface area contributed by atoms with Crippen molar-refractivity contribution in [3.05, 3.63) is 16.5 Å². The van der Waals surface area contributed by atoms with E-state index in [0.29, 0.717) is 3.92 Å². The van der Waals surface area contributed by atoms with Gasteiger partial charge >= 0.3 is 0 Å². The van der Waals surface area contributed by atoms with Gasteiger partial charge in [0.25, 0.3) is 0 Å². The van der Waals surface area contributed by atoms with E-state index in [2.05, 4.69) is 44.7 Å². The molecule has 0 unspecified atom stereocenters. The maximum absolute atomic E-state index is 11.6. The molecule has 0 spiro atoms. The number of amides is 1. The van der Waals surface area contributed by atoms with Gasteiger partial charge in [0.2, 0.25) is 5.91 Å². The van der Waals surface area contributed by atoms with E-state index in [1.807, 2.05) is 4.90 Å². The van der Waals surface area contributed by atoms with E-state index in [1.54, 1.807) is 6.92 Å². The summed E-state index contributed by atoms with van der Waals surface area (Å²) in [5.41, 5.74) is 0. The third-order valence-electron chi connectivity index (χ3n) is 3.64. The molecule has 2 aliphatic rings. The van der Waals surface area contributed by atoms with Crippen molar-refractivity contribution in [3.63, 3.8) is 0 Å². The van der Waals surface area contributed by atoms with Gasteiger partial charge in [0.1, 0.15) is 5.82 Å². The number of aromatic nitrogens is 2. The van der Waals surface area contributed by atoms with Crippen molar-refractivity contribution in [2.45, 2.75) is 36.2 Å². The number of fused-ring (bicyclic) bond motifs is 1. The number of hydrogen-bond donors (Lipinski definition) is 1. The Morgan fingerprint density at radius 3 is 3.22 bits per heavy atom. The highest BCUT2D eigenvalue weighted by atomic mass is 127. The maximum Gasteiger partial charge on any atom is 0.220 e. The first kappa shape index (κ1) is 12.2. The molecule has 0 saturated carbocycles. The first-order chi connectivity index (χ1) is 8.65. The molecule has 0 bridgehead atoms. The zero-order valence-corrected chi connectivity index (χ0v) is 12.5. The Morgan fingerprint density at radius 1 is 1.61 bits per heavy atom. The van der Waals surface area contributed by atoms with Gasteiger partial charge in [0.05, 0.1) is 16.7 Å². The molecule has 18 heavy (non-hydrogen) atoms. The van der Waals surface area contributed by atoms with E-state index < -0.39 is 0 Å². The van der Waals surface area contributed by atoms with Crippen LogP contribution in [0, 0.1) is 0 Å². The molecule has 1 saturated heterocycles. The molecule has 0 radical (unpaired) electrons. The third-order valence-corrected chi connectivity index (χ3v) is 4.50. The van der Waals surface area contributed by atoms with E-state index >= 15 is 0 Å². The largest absolute Gasteiger partial charge is 0.340 e. The Kier molecular flexibility index (Phi) is 3.17. The summed E-state index contributed by atoms with van der Waals surface area (Å²) < 4.78 is 0.538. The van der Waals surface area contributed by atoms with E-state index in [-0.39, 0.29) is 11.9 Å². The Morgan fingerprint density at radius 2 is 2.44 bits per heavy atom. The predicted octanol–water partition coefficient (Wildman–Crippen LogP) is 0.861. The number of rotatable bonds is 1. The molecule has 1 N–H and O–H groups in total. The summed E-state index contributed by atoms with van der Waals surface area (Å²) in [6.07, 6.45) is 7.52. The van der Waals surface area contributed by atoms with Gasteiger partial charge in [-0.1, -0.05) is 28.7 Å². The van der Waals surface area contributed by atoms with Gasteiger partial charge in [-0.25, -0.2) is 4.98 Å². The fourth-order valence-corrected chi connectivity index (χ4v) is 3.38. The van der Waals surface area contributed by atoms with Gasteiger partial charge in [-0.15, -0.1) is 0 Å². The van der Waals surface area contributed by atoms with Crippen LogP contribution in [0.4, 0.5) is 0 Å². The van der Waals surface area contributed by atoms with Crippen LogP contribution in [0.25, 0.3) is 12.2 Å². The average molecular weight is 357 g/mol. The van der Waals surface area contributed by atoms with Gasteiger partial charge in [-0.05, 0) is 25.3 Å². The first-order valence-corrected chi connectivity index (χ1v) is 7.59. The van der Waals surface area contributed by atoms with Gasteiger partial charge in [-0.3, -0.25) is 4.79 Å². The molecule has 0 aromatic carbocycles. The van der Waals surface area contributed by atoms with Crippen molar-refractivity contribution in [3.8, 4) is 0 Å². The minimum atomic E-state index is 0.141. The van der Waals surface area contributed by atoms with Crippen molar-refractivity contribution in [1.29, 1.82) is 0 Å². The van der Waals surface area contributed by atoms with Gasteiger partial charge in [-0.2, -0.15) is 0 Å². The molecule has 2 atom stereocenters. The van der Waals surface area contributed by atoms with Crippen LogP contribution in [0.15, 0.2) is 0 Å². The zero-order valence-electron chi connectivity index (χ0n) is 10.3. The number of likely N-dealkylation sites (tertiary alicyclic amines) is 1. The first-order valence-electron chi connectivity index (χ1n) is 6.34. The van der Waals surface area contributed by atoms with Gasteiger partial charge in [0, 0.05) is 17.4 Å². The molecule has 1 aromatic rings. The van der Waals surface area contributed by atoms with Gasteiger partial charge in [0.15, 0.2) is 0 Å². The van der Waals surface area contributed by atoms with Crippen LogP contribution in [0.2, 0.25) is 0 Å². The zero-order chi connectivity index (χ0) is 12.7. The Hall–Kier alpha value is -0.850. The summed E-state index contributed by atoms with van der Waals surface area (Å²) in [7, 11) is 0. The monoisotopic (exact) mass is 357 g/mol. The van der Waals surface area contributed by atoms with Crippen LogP contribution in [0.1, 0.15) is 38.1 Å². The SMILES string of the molecule is CC(=O)N1CCC[C@H]1c1nc2c([nH]1)=C[C@@H](I)CC=2. The fraction of sp³-hybridized carbons (Fsp3) is 0.538. The normalized spacial score (nSPS) is 26.4. The summed E-state index contributed by atoms with van der Waals surface area (Å²) in [6, 6.07) is 0.141. The number of carbonyl (C=O) groups is 1. The topological polar surface area (TPSA) is 49.0 Å². The van der Waals surface area contributed by atoms with Crippen molar-refractivity contribution >= 4 is 40.7 Å². The van der Waals surface area contributed by atoms with E-state index in [9.17, 15) is 4.79 Å². The molecular formula is C13H16IN3O. The molecule has 3 rings (SSSR count). The number of imidazole rings is 1. The van der Waals surface area contributed by atoms with Crippen LogP contribution >= 0.6 is 22.6 Å². The summed E-state index contributed by atoms with van der Waals surface area (Å²) in [5.74, 6) is 1.09. The standard InChI is InChI=1S/C13H16IN3O/c1-8(18)17-6-2-3-12(17)13-15-10-5-4-9(14)7-11(10)16-13/h5,7,9,12H,2-4,6H2,1H3,(H,15,16)/t9-,12-/m0/s1. The second-order valence-corrected chi connectivity index (χ2v) is 6.51. The summed E-state index contributed by atoms with van der Waals surface area (Å²) in [5, 5.41) is 2.17. The lowest BCUT2D eigenvalue weighted by Gasteiger charge is -2.21. The summed E-state index contributed by atoms with van der Waals surface area (Å²) in [6.45, 7) is 2.49. The van der Waals surface area contributed by atoms with Crippen molar-refractivity contribution < 1.29 is 4.79 Å². The lowest BCUT2D eigenvalue weighted by atomic mass is 10.2. The molecule has 96 valence electrons. The number of carbonyl (C=O) groups excluding carboxylic acids is 1. The molecule has 1 aromatic heterocycles. The smallest absolute Gasteiger partial charge is 0.220 e. The minimum Gasteiger partial charge on any atom is -0.340 e. The fourth-order valence-electron chi connectivity index (χ4n) is 2.76. The van der Waals surface area contributed by atoms with Crippen molar-refractivity contribution in [2.75, 3.05) is 6.54 Å². The van der Waals surface area contributed by atoms with E-state index in [4.69, 9.17) is 0 Å². The second kappa shape index (κ2) is 4.68. The molecule has 1 amide bonds. The number of halogens is 1. The molecule has 4 nitrogen and oxygen atoms in total. The number of alkyl halides is 1. The lowest BCUT2D eigenvalue weighted by molar-refractivity contribution is -0.129. The van der Waals surface area contributed by atoms with Crippen molar-refractivity contribution in [2.24, 2.45) is 0 Å². The average Bonchev–Trinajstić information content (AvgIpc) is 2.93. The maximum atomic E-state index is 11.6. The quantitative estimate of drug-likeness (QED) is 0.599. The van der Waals surface area contributed by atoms with Gasteiger partial charge < -0.3 is 9.88 Å². The highest BCUT2D eigenvalue weighted by molar-refractivity contribution is 14.1. The van der Waals surface area contributed by atoms with Crippen LogP contribution in [-0.4, -0.2) is 31.2 Å². The molecular weight excluding hydrogens is 341 g/mol. The number of nitrogens with one attached hydrogen (secondary N) is 1. The molecule has 1 aliphatic carbocycles. The Bertz CT molecular complexity index is 592. The molecule has 1 aliphatic heterocycles. The number of H-pyrrole nitrogens is 1. The molecule has 1 fully saturated rings. The Balaban J connectivity index is 1.99.